The minimum Gasteiger partial charge on any atom is -0.459 e. The molecule has 230 valence electrons. The maximum absolute atomic E-state index is 12.4. The highest BCUT2D eigenvalue weighted by Crippen LogP contribution is 2.42. The van der Waals surface area contributed by atoms with Crippen molar-refractivity contribution in [2.45, 2.75) is 116 Å². The van der Waals surface area contributed by atoms with Crippen molar-refractivity contribution < 1.29 is 9.53 Å². The van der Waals surface area contributed by atoms with Crippen molar-refractivity contribution in [1.29, 1.82) is 0 Å². The molecule has 2 bridgehead atoms. The smallest absolute Gasteiger partial charge is 0.320 e. The Kier molecular flexibility index (Phi) is 9.12. The van der Waals surface area contributed by atoms with Crippen LogP contribution in [-0.2, 0) is 16.1 Å². The standard InChI is InChI=1S/C36H54N4O2/c1-35(2,3)42-33(41)27-39-21-14-30(15-22-39)34-31-12-11-29(13-16-36-17-23-38(24-18-36)25-19-36)26-32(31)40(37-34)20-7-10-28-8-5-4-6-9-28/h11-13,16,26,28,30H,4-10,14-15,17-25,27H2,1-3H3. The molecule has 0 amide bonds. The van der Waals surface area contributed by atoms with Crippen LogP contribution in [0.15, 0.2) is 24.3 Å². The van der Waals surface area contributed by atoms with Crippen molar-refractivity contribution in [3.63, 3.8) is 0 Å². The van der Waals surface area contributed by atoms with Crippen LogP contribution in [0.1, 0.15) is 115 Å². The summed E-state index contributed by atoms with van der Waals surface area (Å²) in [5.41, 5.74) is 3.87. The predicted octanol–water partition coefficient (Wildman–Crippen LogP) is 7.42. The van der Waals surface area contributed by atoms with Crippen LogP contribution in [-0.4, -0.2) is 70.4 Å². The third-order valence-corrected chi connectivity index (χ3v) is 10.7. The van der Waals surface area contributed by atoms with Crippen LogP contribution in [0.25, 0.3) is 17.0 Å². The highest BCUT2D eigenvalue weighted by atomic mass is 16.6. The minimum atomic E-state index is -0.431. The Morgan fingerprint density at radius 2 is 1.71 bits per heavy atom. The number of fused-ring (bicyclic) bond motifs is 4. The number of benzene rings is 1. The lowest BCUT2D eigenvalue weighted by Crippen LogP contribution is -2.47. The van der Waals surface area contributed by atoms with Crippen LogP contribution < -0.4 is 0 Å². The van der Waals surface area contributed by atoms with E-state index in [1.54, 1.807) is 0 Å². The molecule has 42 heavy (non-hydrogen) atoms. The number of likely N-dealkylation sites (tertiary alicyclic amines) is 1. The largest absolute Gasteiger partial charge is 0.459 e. The van der Waals surface area contributed by atoms with Gasteiger partial charge in [-0.3, -0.25) is 14.4 Å². The second-order valence-electron chi connectivity index (χ2n) is 15.0. The van der Waals surface area contributed by atoms with Gasteiger partial charge in [0.2, 0.25) is 0 Å². The molecule has 0 atom stereocenters. The van der Waals surface area contributed by atoms with Gasteiger partial charge < -0.3 is 9.64 Å². The molecule has 1 saturated carbocycles. The first-order valence-corrected chi connectivity index (χ1v) is 17.1. The number of rotatable bonds is 9. The zero-order chi connectivity index (χ0) is 29.2. The molecule has 0 N–H and O–H groups in total. The van der Waals surface area contributed by atoms with Crippen molar-refractivity contribution in [2.24, 2.45) is 11.3 Å². The molecule has 6 nitrogen and oxygen atoms in total. The first-order valence-electron chi connectivity index (χ1n) is 17.1. The lowest BCUT2D eigenvalue weighted by molar-refractivity contribution is -0.156. The third kappa shape index (κ3) is 7.30. The van der Waals surface area contributed by atoms with Gasteiger partial charge >= 0.3 is 5.97 Å². The van der Waals surface area contributed by atoms with E-state index in [9.17, 15) is 4.79 Å². The molecular weight excluding hydrogens is 520 g/mol. The maximum atomic E-state index is 12.4. The number of aromatic nitrogens is 2. The molecule has 4 aliphatic heterocycles. The van der Waals surface area contributed by atoms with Crippen LogP contribution in [0, 0.1) is 11.3 Å². The molecular formula is C36H54N4O2. The zero-order valence-corrected chi connectivity index (χ0v) is 26.6. The number of ether oxygens (including phenoxy) is 1. The van der Waals surface area contributed by atoms with Crippen molar-refractivity contribution in [1.82, 2.24) is 19.6 Å². The molecule has 1 aliphatic carbocycles. The van der Waals surface area contributed by atoms with E-state index in [-0.39, 0.29) is 5.97 Å². The summed E-state index contributed by atoms with van der Waals surface area (Å²) in [5, 5.41) is 6.67. The van der Waals surface area contributed by atoms with E-state index in [1.165, 1.54) is 106 Å². The monoisotopic (exact) mass is 574 g/mol. The SMILES string of the molecule is CC(C)(C)OC(=O)CN1CCC(c2nn(CCCC3CCCCC3)c3cc(C=CC45CCN(CC4)CC5)ccc23)CC1. The summed E-state index contributed by atoms with van der Waals surface area (Å²) in [6.45, 7) is 12.8. The quantitative estimate of drug-likeness (QED) is 0.292. The van der Waals surface area contributed by atoms with Crippen LogP contribution in [0.5, 0.6) is 0 Å². The minimum absolute atomic E-state index is 0.118. The Morgan fingerprint density at radius 1 is 1.00 bits per heavy atom. The Bertz CT molecular complexity index is 1220. The average Bonchev–Trinajstić information content (AvgIpc) is 3.35. The molecule has 5 aliphatic rings. The molecule has 0 radical (unpaired) electrons. The van der Waals surface area contributed by atoms with Crippen LogP contribution in [0.2, 0.25) is 0 Å². The van der Waals surface area contributed by atoms with E-state index in [1.807, 2.05) is 20.8 Å². The number of aryl methyl sites for hydroxylation is 1. The molecule has 5 fully saturated rings. The number of piperidine rings is 4. The molecule has 6 heteroatoms. The lowest BCUT2D eigenvalue weighted by Gasteiger charge is -2.47. The van der Waals surface area contributed by atoms with Gasteiger partial charge in [-0.05, 0) is 121 Å². The van der Waals surface area contributed by atoms with Crippen LogP contribution >= 0.6 is 0 Å². The van der Waals surface area contributed by atoms with Gasteiger partial charge in [0.05, 0.1) is 17.8 Å². The fraction of sp³-hybridized carbons (Fsp3) is 0.722. The normalized spacial score (nSPS) is 26.4. The molecule has 1 aromatic heterocycles. The summed E-state index contributed by atoms with van der Waals surface area (Å²) in [6.07, 6.45) is 20.6. The molecule has 5 heterocycles. The average molecular weight is 575 g/mol. The van der Waals surface area contributed by atoms with E-state index >= 15 is 0 Å². The number of esters is 1. The fourth-order valence-electron chi connectivity index (χ4n) is 8.09. The number of carbonyl (C=O) groups excluding carboxylic acids is 1. The first-order chi connectivity index (χ1) is 20.3. The zero-order valence-electron chi connectivity index (χ0n) is 26.6. The summed E-state index contributed by atoms with van der Waals surface area (Å²) >= 11 is 0. The molecule has 1 aromatic carbocycles. The van der Waals surface area contributed by atoms with Crippen molar-refractivity contribution in [2.75, 3.05) is 39.3 Å². The van der Waals surface area contributed by atoms with Gasteiger partial charge in [0.1, 0.15) is 5.60 Å². The molecule has 7 rings (SSSR count). The maximum Gasteiger partial charge on any atom is 0.320 e. The van der Waals surface area contributed by atoms with E-state index in [4.69, 9.17) is 9.84 Å². The number of nitrogens with zero attached hydrogens (tertiary/aromatic N) is 4. The molecule has 0 spiro atoms. The Balaban J connectivity index is 1.17. The highest BCUT2D eigenvalue weighted by Gasteiger charge is 2.37. The summed E-state index contributed by atoms with van der Waals surface area (Å²) < 4.78 is 7.92. The summed E-state index contributed by atoms with van der Waals surface area (Å²) in [4.78, 5) is 17.3. The highest BCUT2D eigenvalue weighted by molar-refractivity contribution is 5.85. The van der Waals surface area contributed by atoms with Gasteiger partial charge in [0, 0.05) is 17.8 Å². The van der Waals surface area contributed by atoms with E-state index < -0.39 is 5.60 Å². The van der Waals surface area contributed by atoms with Gasteiger partial charge in [-0.25, -0.2) is 0 Å². The molecule has 0 unspecified atom stereocenters. The van der Waals surface area contributed by atoms with E-state index in [0.717, 1.165) is 38.4 Å². The van der Waals surface area contributed by atoms with E-state index in [2.05, 4.69) is 44.8 Å². The van der Waals surface area contributed by atoms with E-state index in [0.29, 0.717) is 17.9 Å². The summed E-state index contributed by atoms with van der Waals surface area (Å²) in [5.74, 6) is 1.23. The summed E-state index contributed by atoms with van der Waals surface area (Å²) in [6, 6.07) is 7.08. The predicted molar refractivity (Wildman–Crippen MR) is 172 cm³/mol. The van der Waals surface area contributed by atoms with Gasteiger partial charge in [0.25, 0.3) is 0 Å². The summed E-state index contributed by atoms with van der Waals surface area (Å²) in [7, 11) is 0. The van der Waals surface area contributed by atoms with Crippen LogP contribution in [0.4, 0.5) is 0 Å². The van der Waals surface area contributed by atoms with Gasteiger partial charge in [-0.1, -0.05) is 56.4 Å². The Labute approximate surface area is 253 Å². The van der Waals surface area contributed by atoms with Gasteiger partial charge in [0.15, 0.2) is 0 Å². The second-order valence-corrected chi connectivity index (χ2v) is 15.0. The number of hydrogen-bond acceptors (Lipinski definition) is 5. The molecule has 4 saturated heterocycles. The van der Waals surface area contributed by atoms with Gasteiger partial charge in [-0.2, -0.15) is 5.10 Å². The third-order valence-electron chi connectivity index (χ3n) is 10.7. The Hall–Kier alpha value is -2.18. The Morgan fingerprint density at radius 3 is 2.40 bits per heavy atom. The second kappa shape index (κ2) is 12.8. The van der Waals surface area contributed by atoms with Crippen LogP contribution in [0.3, 0.4) is 0 Å². The fourth-order valence-corrected chi connectivity index (χ4v) is 8.09. The van der Waals surface area contributed by atoms with Crippen molar-refractivity contribution in [3.8, 4) is 0 Å². The lowest BCUT2D eigenvalue weighted by atomic mass is 9.72. The number of hydrogen-bond donors (Lipinski definition) is 0. The number of allylic oxidation sites excluding steroid dienone is 1. The topological polar surface area (TPSA) is 50.6 Å². The van der Waals surface area contributed by atoms with Gasteiger partial charge in [-0.15, -0.1) is 0 Å². The molecule has 2 aromatic rings. The van der Waals surface area contributed by atoms with Crippen molar-refractivity contribution >= 4 is 22.9 Å². The first kappa shape index (κ1) is 29.9. The number of carbonyl (C=O) groups is 1. The van der Waals surface area contributed by atoms with Crippen molar-refractivity contribution in [3.05, 3.63) is 35.5 Å².